The van der Waals surface area contributed by atoms with Gasteiger partial charge in [-0.1, -0.05) is 0 Å². The first-order chi connectivity index (χ1) is 11.9. The van der Waals surface area contributed by atoms with Crippen molar-refractivity contribution in [3.05, 3.63) is 28.6 Å². The molecule has 0 spiro atoms. The molecule has 0 saturated carbocycles. The molecule has 26 heavy (non-hydrogen) atoms. The van der Waals surface area contributed by atoms with Crippen LogP contribution in [0.15, 0.2) is 18.2 Å². The molecule has 1 aromatic rings. The van der Waals surface area contributed by atoms with E-state index in [4.69, 9.17) is 9.94 Å². The zero-order chi connectivity index (χ0) is 20.1. The summed E-state index contributed by atoms with van der Waals surface area (Å²) < 4.78 is 4.97. The molecule has 0 aliphatic rings. The van der Waals surface area contributed by atoms with Crippen LogP contribution in [0.3, 0.4) is 0 Å². The highest BCUT2D eigenvalue weighted by Gasteiger charge is 2.24. The minimum Gasteiger partial charge on any atom is -0.595 e. The Kier molecular flexibility index (Phi) is 7.26. The van der Waals surface area contributed by atoms with E-state index in [1.54, 1.807) is 20.8 Å². The van der Waals surface area contributed by atoms with E-state index in [1.165, 1.54) is 12.1 Å². The fraction of sp³-hybridized carbons (Fsp3) is 0.429. The van der Waals surface area contributed by atoms with Crippen molar-refractivity contribution < 1.29 is 40.3 Å². The van der Waals surface area contributed by atoms with Crippen LogP contribution < -0.4 is 21.1 Å². The zero-order valence-electron chi connectivity index (χ0n) is 14.4. The van der Waals surface area contributed by atoms with Crippen LogP contribution >= 0.6 is 0 Å². The molecule has 0 heterocycles. The quantitative estimate of drug-likeness (QED) is 0.291. The van der Waals surface area contributed by atoms with Gasteiger partial charge in [-0.3, -0.25) is 0 Å². The normalized spacial score (nSPS) is 14.9. The number of carbonyl (C=O) groups excluding carboxylic acids is 1. The van der Waals surface area contributed by atoms with Crippen LogP contribution in [0.25, 0.3) is 0 Å². The van der Waals surface area contributed by atoms with Gasteiger partial charge in [-0.05, 0) is 26.8 Å². The van der Waals surface area contributed by atoms with E-state index in [-0.39, 0.29) is 23.6 Å². The van der Waals surface area contributed by atoms with Crippen molar-refractivity contribution >= 4 is 29.1 Å². The highest BCUT2D eigenvalue weighted by molar-refractivity contribution is 5.81. The van der Waals surface area contributed by atoms with Gasteiger partial charge in [0.2, 0.25) is 0 Å². The predicted octanol–water partition coefficient (Wildman–Crippen LogP) is -1.12. The molecule has 0 aliphatic heterocycles. The molecule has 0 radical (unpaired) electrons. The van der Waals surface area contributed by atoms with E-state index in [0.717, 1.165) is 6.07 Å². The van der Waals surface area contributed by atoms with Gasteiger partial charge in [-0.2, -0.15) is 10.5 Å². The average Bonchev–Trinajstić information content (AvgIpc) is 2.48. The first-order valence-corrected chi connectivity index (χ1v) is 7.47. The van der Waals surface area contributed by atoms with Crippen molar-refractivity contribution in [1.82, 2.24) is 5.32 Å². The molecule has 0 saturated heterocycles. The van der Waals surface area contributed by atoms with Crippen molar-refractivity contribution in [2.45, 2.75) is 32.4 Å². The van der Waals surface area contributed by atoms with Gasteiger partial charge in [0.25, 0.3) is 0 Å². The lowest BCUT2D eigenvalue weighted by atomic mass is 10.2. The molecule has 7 N–H and O–H groups in total. The SMILES string of the molecule is CC(C)(C)OC(=O)N[C@H](CNc1ccc([NH+]([O-])O)cc1[NH+]([O-])O)C(=O)O. The smallest absolute Gasteiger partial charge is 0.408 e. The second-order valence-electron chi connectivity index (χ2n) is 6.29. The van der Waals surface area contributed by atoms with Crippen molar-refractivity contribution in [3.63, 3.8) is 0 Å². The number of rotatable bonds is 7. The number of alkyl carbamates (subject to hydrolysis) is 1. The molecule has 0 aromatic heterocycles. The molecular weight excluding hydrogens is 352 g/mol. The summed E-state index contributed by atoms with van der Waals surface area (Å²) in [6.45, 7) is 4.50. The number of aliphatic carboxylic acids is 1. The Balaban J connectivity index is 2.86. The topological polar surface area (TPSA) is 183 Å². The van der Waals surface area contributed by atoms with Gasteiger partial charge in [-0.25, -0.2) is 20.0 Å². The molecule has 1 amide bonds. The van der Waals surface area contributed by atoms with Gasteiger partial charge in [0.05, 0.1) is 6.07 Å². The van der Waals surface area contributed by atoms with Gasteiger partial charge in [0.1, 0.15) is 17.3 Å². The van der Waals surface area contributed by atoms with Gasteiger partial charge in [-0.15, -0.1) is 0 Å². The van der Waals surface area contributed by atoms with Gasteiger partial charge in [0.15, 0.2) is 11.4 Å². The number of anilines is 1. The molecule has 1 aromatic carbocycles. The summed E-state index contributed by atoms with van der Waals surface area (Å²) in [6.07, 6.45) is -0.939. The Morgan fingerprint density at radius 3 is 2.31 bits per heavy atom. The van der Waals surface area contributed by atoms with E-state index in [0.29, 0.717) is 0 Å². The van der Waals surface area contributed by atoms with Crippen LogP contribution in [0, 0.1) is 10.4 Å². The third-order valence-corrected chi connectivity index (χ3v) is 2.98. The maximum absolute atomic E-state index is 11.7. The Morgan fingerprint density at radius 1 is 1.23 bits per heavy atom. The number of amides is 1. The number of hydrogen-bond donors (Lipinski definition) is 7. The van der Waals surface area contributed by atoms with Crippen molar-refractivity contribution in [1.29, 1.82) is 0 Å². The second kappa shape index (κ2) is 8.75. The lowest BCUT2D eigenvalue weighted by Crippen LogP contribution is -3.00. The summed E-state index contributed by atoms with van der Waals surface area (Å²) >= 11 is 0. The fourth-order valence-corrected chi connectivity index (χ4v) is 1.87. The molecule has 12 nitrogen and oxygen atoms in total. The van der Waals surface area contributed by atoms with Gasteiger partial charge in [0, 0.05) is 12.6 Å². The third-order valence-electron chi connectivity index (χ3n) is 2.98. The van der Waals surface area contributed by atoms with E-state index in [2.05, 4.69) is 10.6 Å². The number of carboxylic acids is 1. The van der Waals surface area contributed by atoms with E-state index in [9.17, 15) is 30.3 Å². The Bertz CT molecular complexity index is 644. The molecule has 1 rings (SSSR count). The Hall–Kier alpha value is -2.48. The molecular formula is C14H22N4O8. The maximum Gasteiger partial charge on any atom is 0.408 e. The second-order valence-corrected chi connectivity index (χ2v) is 6.29. The minimum atomic E-state index is -1.40. The molecule has 0 aliphatic carbocycles. The number of hydrogen-bond acceptors (Lipinski definition) is 8. The Labute approximate surface area is 148 Å². The first kappa shape index (κ1) is 21.6. The predicted molar refractivity (Wildman–Crippen MR) is 87.3 cm³/mol. The lowest BCUT2D eigenvalue weighted by Gasteiger charge is -2.23. The Morgan fingerprint density at radius 2 is 1.85 bits per heavy atom. The van der Waals surface area contributed by atoms with Crippen LogP contribution in [-0.2, 0) is 9.53 Å². The van der Waals surface area contributed by atoms with Crippen LogP contribution in [0.1, 0.15) is 20.8 Å². The minimum absolute atomic E-state index is 0.0136. The van der Waals surface area contributed by atoms with Crippen molar-refractivity contribution in [2.24, 2.45) is 0 Å². The zero-order valence-corrected chi connectivity index (χ0v) is 14.4. The number of ether oxygens (including phenoxy) is 1. The average molecular weight is 374 g/mol. The fourth-order valence-electron chi connectivity index (χ4n) is 1.87. The molecule has 0 bridgehead atoms. The largest absolute Gasteiger partial charge is 0.595 e. The summed E-state index contributed by atoms with van der Waals surface area (Å²) in [6, 6.07) is 1.93. The van der Waals surface area contributed by atoms with Crippen LogP contribution in [0.2, 0.25) is 0 Å². The number of carboxylic acid groups (broad SMARTS) is 1. The molecule has 146 valence electrons. The monoisotopic (exact) mass is 374 g/mol. The third kappa shape index (κ3) is 6.79. The molecule has 0 fully saturated rings. The number of carbonyl (C=O) groups is 2. The highest BCUT2D eigenvalue weighted by Crippen LogP contribution is 2.20. The van der Waals surface area contributed by atoms with Crippen molar-refractivity contribution in [2.75, 3.05) is 11.9 Å². The van der Waals surface area contributed by atoms with Crippen LogP contribution in [0.5, 0.6) is 0 Å². The number of nitrogens with one attached hydrogen (secondary N) is 4. The summed E-state index contributed by atoms with van der Waals surface area (Å²) in [5.41, 5.74) is -1.37. The summed E-state index contributed by atoms with van der Waals surface area (Å²) in [4.78, 5) is 23.0. The first-order valence-electron chi connectivity index (χ1n) is 7.47. The van der Waals surface area contributed by atoms with E-state index < -0.39 is 34.2 Å². The molecule has 2 unspecified atom stereocenters. The molecule has 12 heteroatoms. The van der Waals surface area contributed by atoms with Gasteiger partial charge >= 0.3 is 12.1 Å². The lowest BCUT2D eigenvalue weighted by molar-refractivity contribution is -0.996. The van der Waals surface area contributed by atoms with Crippen molar-refractivity contribution in [3.8, 4) is 0 Å². The molecule has 3 atom stereocenters. The summed E-state index contributed by atoms with van der Waals surface area (Å²) in [5.74, 6) is -1.36. The van der Waals surface area contributed by atoms with Crippen LogP contribution in [0.4, 0.5) is 21.9 Å². The van der Waals surface area contributed by atoms with Gasteiger partial charge < -0.3 is 30.9 Å². The highest BCUT2D eigenvalue weighted by atomic mass is 16.8. The van der Waals surface area contributed by atoms with E-state index >= 15 is 0 Å². The number of benzene rings is 1. The van der Waals surface area contributed by atoms with Crippen LogP contribution in [-0.4, -0.2) is 45.8 Å². The standard InChI is InChI=1S/C14H22N4O8/c1-14(2,3)26-13(21)16-10(12(19)20)7-15-9-5-4-8(17(22)23)6-11(9)18(24)25/h4-6,10,15,17-18,22,24H,7H2,1-3H3,(H,16,21)(H,19,20)/t10-/m1/s1. The maximum atomic E-state index is 11.7. The summed E-state index contributed by atoms with van der Waals surface area (Å²) in [5, 5.41) is 51.5. The van der Waals surface area contributed by atoms with E-state index in [1.807, 2.05) is 0 Å². The number of quaternary nitrogens is 2. The summed E-state index contributed by atoms with van der Waals surface area (Å²) in [7, 11) is 0.